The number of halogens is 3. The topological polar surface area (TPSA) is 79.3 Å². The van der Waals surface area contributed by atoms with Crippen LogP contribution in [0, 0.1) is 5.82 Å². The van der Waals surface area contributed by atoms with Crippen molar-refractivity contribution in [3.8, 4) is 17.0 Å². The van der Waals surface area contributed by atoms with Gasteiger partial charge in [0.25, 0.3) is 10.0 Å². The SMILES string of the molecule is O=S(=O)(Nc1cc(-c2ccccn2)ccc1F)c1cc(Cl)cc(Cl)c1O. The summed E-state index contributed by atoms with van der Waals surface area (Å²) in [6.45, 7) is 0. The fourth-order valence-corrected chi connectivity index (χ4v) is 4.06. The third-order valence-corrected chi connectivity index (χ3v) is 5.34. The van der Waals surface area contributed by atoms with Gasteiger partial charge in [0.1, 0.15) is 10.7 Å². The molecular weight excluding hydrogens is 402 g/mol. The van der Waals surface area contributed by atoms with E-state index >= 15 is 0 Å². The monoisotopic (exact) mass is 412 g/mol. The summed E-state index contributed by atoms with van der Waals surface area (Å²) in [6.07, 6.45) is 1.56. The predicted octanol–water partition coefficient (Wildman–Crippen LogP) is 4.70. The van der Waals surface area contributed by atoms with E-state index in [0.29, 0.717) is 11.3 Å². The second-order valence-corrected chi connectivity index (χ2v) is 7.74. The van der Waals surface area contributed by atoms with Crippen molar-refractivity contribution < 1.29 is 17.9 Å². The minimum atomic E-state index is -4.34. The molecule has 9 heteroatoms. The smallest absolute Gasteiger partial charge is 0.265 e. The first-order valence-electron chi connectivity index (χ1n) is 7.20. The van der Waals surface area contributed by atoms with Crippen LogP contribution in [-0.2, 0) is 10.0 Å². The van der Waals surface area contributed by atoms with E-state index in [1.807, 2.05) is 0 Å². The zero-order valence-corrected chi connectivity index (χ0v) is 15.3. The Balaban J connectivity index is 2.03. The Bertz CT molecular complexity index is 1080. The van der Waals surface area contributed by atoms with Gasteiger partial charge in [0.2, 0.25) is 0 Å². The van der Waals surface area contributed by atoms with Gasteiger partial charge in [0, 0.05) is 16.8 Å². The molecule has 0 amide bonds. The first-order valence-corrected chi connectivity index (χ1v) is 9.43. The van der Waals surface area contributed by atoms with Crippen molar-refractivity contribution in [1.82, 2.24) is 4.98 Å². The number of nitrogens with one attached hydrogen (secondary N) is 1. The van der Waals surface area contributed by atoms with Gasteiger partial charge in [-0.3, -0.25) is 9.71 Å². The van der Waals surface area contributed by atoms with Gasteiger partial charge >= 0.3 is 0 Å². The summed E-state index contributed by atoms with van der Waals surface area (Å²) in [5, 5.41) is 9.70. The molecule has 0 fully saturated rings. The Labute approximate surface area is 159 Å². The number of hydrogen-bond donors (Lipinski definition) is 2. The van der Waals surface area contributed by atoms with Crippen LogP contribution < -0.4 is 4.72 Å². The zero-order valence-electron chi connectivity index (χ0n) is 12.9. The van der Waals surface area contributed by atoms with Gasteiger partial charge in [0.15, 0.2) is 5.75 Å². The Morgan fingerprint density at radius 3 is 2.54 bits per heavy atom. The van der Waals surface area contributed by atoms with Crippen molar-refractivity contribution in [2.24, 2.45) is 0 Å². The molecule has 0 atom stereocenters. The van der Waals surface area contributed by atoms with Crippen LogP contribution in [0.2, 0.25) is 10.0 Å². The Morgan fingerprint density at radius 1 is 1.08 bits per heavy atom. The number of phenols is 1. The molecule has 26 heavy (non-hydrogen) atoms. The lowest BCUT2D eigenvalue weighted by atomic mass is 10.1. The summed E-state index contributed by atoms with van der Waals surface area (Å²) in [5.41, 5.74) is 0.753. The van der Waals surface area contributed by atoms with E-state index in [-0.39, 0.29) is 15.7 Å². The van der Waals surface area contributed by atoms with Crippen molar-refractivity contribution in [3.63, 3.8) is 0 Å². The molecule has 0 aliphatic carbocycles. The number of hydrogen-bond acceptors (Lipinski definition) is 4. The number of phenolic OH excluding ortho intramolecular Hbond substituents is 1. The van der Waals surface area contributed by atoms with Crippen LogP contribution >= 0.6 is 23.2 Å². The van der Waals surface area contributed by atoms with E-state index < -0.39 is 26.5 Å². The van der Waals surface area contributed by atoms with E-state index in [1.54, 1.807) is 24.4 Å². The number of rotatable bonds is 4. The maximum atomic E-state index is 14.1. The number of pyridine rings is 1. The first kappa shape index (κ1) is 18.4. The van der Waals surface area contributed by atoms with Gasteiger partial charge < -0.3 is 5.11 Å². The summed E-state index contributed by atoms with van der Waals surface area (Å²) in [6, 6.07) is 11.3. The van der Waals surface area contributed by atoms with Crippen LogP contribution in [0.15, 0.2) is 59.6 Å². The third kappa shape index (κ3) is 3.75. The van der Waals surface area contributed by atoms with Gasteiger partial charge in [-0.2, -0.15) is 0 Å². The molecule has 0 aliphatic heterocycles. The van der Waals surface area contributed by atoms with Crippen LogP contribution in [0.1, 0.15) is 0 Å². The van der Waals surface area contributed by atoms with Gasteiger partial charge in [-0.05, 0) is 42.5 Å². The number of anilines is 1. The average molecular weight is 413 g/mol. The second-order valence-electron chi connectivity index (χ2n) is 5.25. The lowest BCUT2D eigenvalue weighted by Gasteiger charge is -2.12. The highest BCUT2D eigenvalue weighted by Gasteiger charge is 2.23. The zero-order chi connectivity index (χ0) is 18.9. The molecule has 3 aromatic rings. The molecule has 0 aliphatic rings. The fraction of sp³-hybridized carbons (Fsp3) is 0. The molecule has 0 bridgehead atoms. The molecule has 0 radical (unpaired) electrons. The predicted molar refractivity (Wildman–Crippen MR) is 98.6 cm³/mol. The highest BCUT2D eigenvalue weighted by atomic mass is 35.5. The Kier molecular flexibility index (Phi) is 5.04. The standard InChI is InChI=1S/C17H11Cl2FN2O3S/c18-11-8-12(19)17(23)16(9-11)26(24,25)22-15-7-10(4-5-13(15)20)14-3-1-2-6-21-14/h1-9,22-23H. The van der Waals surface area contributed by atoms with E-state index in [0.717, 1.165) is 12.1 Å². The molecule has 1 aromatic heterocycles. The van der Waals surface area contributed by atoms with Crippen LogP contribution in [0.5, 0.6) is 5.75 Å². The van der Waals surface area contributed by atoms with Crippen LogP contribution in [0.25, 0.3) is 11.3 Å². The normalized spacial score (nSPS) is 11.3. The number of benzene rings is 2. The highest BCUT2D eigenvalue weighted by molar-refractivity contribution is 7.92. The summed E-state index contributed by atoms with van der Waals surface area (Å²) in [7, 11) is -4.34. The highest BCUT2D eigenvalue weighted by Crippen LogP contribution is 2.35. The summed E-state index contributed by atoms with van der Waals surface area (Å²) in [5.74, 6) is -1.47. The molecule has 5 nitrogen and oxygen atoms in total. The Hall–Kier alpha value is -2.35. The van der Waals surface area contributed by atoms with Crippen molar-refractivity contribution in [2.45, 2.75) is 4.90 Å². The van der Waals surface area contributed by atoms with Crippen molar-refractivity contribution in [1.29, 1.82) is 0 Å². The second kappa shape index (κ2) is 7.11. The average Bonchev–Trinajstić information content (AvgIpc) is 2.60. The van der Waals surface area contributed by atoms with E-state index in [4.69, 9.17) is 23.2 Å². The molecule has 1 heterocycles. The molecule has 0 saturated carbocycles. The molecule has 2 aromatic carbocycles. The van der Waals surface area contributed by atoms with E-state index in [2.05, 4.69) is 9.71 Å². The molecule has 3 rings (SSSR count). The lowest BCUT2D eigenvalue weighted by molar-refractivity contribution is 0.459. The first-order chi connectivity index (χ1) is 12.3. The van der Waals surface area contributed by atoms with Gasteiger partial charge in [-0.15, -0.1) is 0 Å². The fourth-order valence-electron chi connectivity index (χ4n) is 2.24. The minimum absolute atomic E-state index is 0.0101. The summed E-state index contributed by atoms with van der Waals surface area (Å²) < 4.78 is 41.3. The van der Waals surface area contributed by atoms with Gasteiger partial charge in [-0.1, -0.05) is 29.3 Å². The van der Waals surface area contributed by atoms with Crippen LogP contribution in [0.3, 0.4) is 0 Å². The van der Waals surface area contributed by atoms with E-state index in [9.17, 15) is 17.9 Å². The molecule has 0 spiro atoms. The number of aromatic nitrogens is 1. The van der Waals surface area contributed by atoms with Crippen LogP contribution in [-0.4, -0.2) is 18.5 Å². The van der Waals surface area contributed by atoms with E-state index in [1.165, 1.54) is 18.2 Å². The number of sulfonamides is 1. The molecule has 2 N–H and O–H groups in total. The summed E-state index contributed by atoms with van der Waals surface area (Å²) >= 11 is 11.6. The third-order valence-electron chi connectivity index (χ3n) is 3.45. The van der Waals surface area contributed by atoms with Crippen molar-refractivity contribution in [3.05, 3.63) is 70.6 Å². The number of aromatic hydroxyl groups is 1. The van der Waals surface area contributed by atoms with Crippen molar-refractivity contribution in [2.75, 3.05) is 4.72 Å². The largest absolute Gasteiger partial charge is 0.505 e. The molecule has 0 saturated heterocycles. The number of nitrogens with zero attached hydrogens (tertiary/aromatic N) is 1. The summed E-state index contributed by atoms with van der Waals surface area (Å²) in [4.78, 5) is 3.58. The van der Waals surface area contributed by atoms with Crippen LogP contribution in [0.4, 0.5) is 10.1 Å². The maximum absolute atomic E-state index is 14.1. The van der Waals surface area contributed by atoms with Crippen molar-refractivity contribution >= 4 is 38.9 Å². The lowest BCUT2D eigenvalue weighted by Crippen LogP contribution is -2.14. The quantitative estimate of drug-likeness (QED) is 0.650. The maximum Gasteiger partial charge on any atom is 0.265 e. The van der Waals surface area contributed by atoms with Gasteiger partial charge in [-0.25, -0.2) is 12.8 Å². The molecular formula is C17H11Cl2FN2O3S. The molecule has 134 valence electrons. The van der Waals surface area contributed by atoms with Gasteiger partial charge in [0.05, 0.1) is 16.4 Å². The minimum Gasteiger partial charge on any atom is -0.505 e. The Morgan fingerprint density at radius 2 is 1.85 bits per heavy atom. The molecule has 0 unspecified atom stereocenters.